The largest absolute Gasteiger partial charge is 0.412 e. The van der Waals surface area contributed by atoms with Gasteiger partial charge in [0.25, 0.3) is 0 Å². The first kappa shape index (κ1) is 20.6. The van der Waals surface area contributed by atoms with E-state index in [2.05, 4.69) is 6.92 Å². The van der Waals surface area contributed by atoms with Gasteiger partial charge in [-0.2, -0.15) is 0 Å². The SMILES string of the molecule is CCCCCCCCCCCCCCCCCl.O. The van der Waals surface area contributed by atoms with Crippen molar-refractivity contribution in [2.45, 2.75) is 96.8 Å². The molecule has 0 spiro atoms. The zero-order chi connectivity index (χ0) is 12.6. The van der Waals surface area contributed by atoms with Gasteiger partial charge in [-0.05, 0) is 6.42 Å². The molecular weight excluding hydrogens is 244 g/mol. The molecule has 2 heteroatoms. The summed E-state index contributed by atoms with van der Waals surface area (Å²) in [7, 11) is 0. The second-order valence-corrected chi connectivity index (χ2v) is 5.66. The summed E-state index contributed by atoms with van der Waals surface area (Å²) < 4.78 is 0. The molecule has 112 valence electrons. The molecule has 0 bridgehead atoms. The molecular formula is C16H35ClO. The van der Waals surface area contributed by atoms with Crippen LogP contribution in [0.25, 0.3) is 0 Å². The maximum absolute atomic E-state index is 5.64. The standard InChI is InChI=1S/C16H33Cl.H2O/c1-2-3-4-5-6-7-8-9-10-11-12-13-14-15-16-17;/h2-16H2,1H3;1H2. The first-order chi connectivity index (χ1) is 8.41. The molecule has 0 aromatic heterocycles. The minimum Gasteiger partial charge on any atom is -0.412 e. The molecule has 2 N–H and O–H groups in total. The zero-order valence-electron chi connectivity index (χ0n) is 12.5. The van der Waals surface area contributed by atoms with E-state index in [9.17, 15) is 0 Å². The maximum Gasteiger partial charge on any atom is 0.0223 e. The van der Waals surface area contributed by atoms with Crippen LogP contribution in [-0.2, 0) is 0 Å². The number of hydrogen-bond acceptors (Lipinski definition) is 0. The summed E-state index contributed by atoms with van der Waals surface area (Å²) in [6.45, 7) is 2.28. The van der Waals surface area contributed by atoms with Gasteiger partial charge in [-0.15, -0.1) is 11.6 Å². The van der Waals surface area contributed by atoms with Crippen LogP contribution in [0.5, 0.6) is 0 Å². The fourth-order valence-electron chi connectivity index (χ4n) is 2.29. The smallest absolute Gasteiger partial charge is 0.0223 e. The van der Waals surface area contributed by atoms with Crippen molar-refractivity contribution in [2.24, 2.45) is 0 Å². The van der Waals surface area contributed by atoms with E-state index < -0.39 is 0 Å². The second kappa shape index (κ2) is 19.6. The van der Waals surface area contributed by atoms with Crippen molar-refractivity contribution >= 4 is 11.6 Å². The summed E-state index contributed by atoms with van der Waals surface area (Å²) in [4.78, 5) is 0. The number of halogens is 1. The highest BCUT2D eigenvalue weighted by Gasteiger charge is 1.93. The summed E-state index contributed by atoms with van der Waals surface area (Å²) in [5, 5.41) is 0. The molecule has 0 aliphatic heterocycles. The lowest BCUT2D eigenvalue weighted by Gasteiger charge is -2.02. The molecule has 0 aliphatic rings. The molecule has 0 radical (unpaired) electrons. The van der Waals surface area contributed by atoms with Gasteiger partial charge in [-0.1, -0.05) is 90.4 Å². The Kier molecular flexibility index (Phi) is 22.4. The highest BCUT2D eigenvalue weighted by atomic mass is 35.5. The van der Waals surface area contributed by atoms with E-state index >= 15 is 0 Å². The quantitative estimate of drug-likeness (QED) is 0.281. The van der Waals surface area contributed by atoms with Crippen LogP contribution in [0.1, 0.15) is 96.8 Å². The Morgan fingerprint density at radius 3 is 1.06 bits per heavy atom. The van der Waals surface area contributed by atoms with Gasteiger partial charge >= 0.3 is 0 Å². The molecule has 0 saturated carbocycles. The van der Waals surface area contributed by atoms with E-state index in [0.717, 1.165) is 5.88 Å². The van der Waals surface area contributed by atoms with Crippen molar-refractivity contribution in [3.8, 4) is 0 Å². The number of unbranched alkanes of at least 4 members (excludes halogenated alkanes) is 13. The highest BCUT2D eigenvalue weighted by Crippen LogP contribution is 2.12. The van der Waals surface area contributed by atoms with Gasteiger partial charge in [0.05, 0.1) is 0 Å². The van der Waals surface area contributed by atoms with Crippen LogP contribution in [0.4, 0.5) is 0 Å². The molecule has 0 atom stereocenters. The topological polar surface area (TPSA) is 31.5 Å². The fraction of sp³-hybridized carbons (Fsp3) is 1.00. The number of rotatable bonds is 14. The van der Waals surface area contributed by atoms with E-state index in [-0.39, 0.29) is 5.48 Å². The Morgan fingerprint density at radius 2 is 0.778 bits per heavy atom. The van der Waals surface area contributed by atoms with Gasteiger partial charge in [0.15, 0.2) is 0 Å². The van der Waals surface area contributed by atoms with E-state index in [1.54, 1.807) is 0 Å². The molecule has 1 nitrogen and oxygen atoms in total. The lowest BCUT2D eigenvalue weighted by Crippen LogP contribution is -1.83. The van der Waals surface area contributed by atoms with Crippen LogP contribution in [0.3, 0.4) is 0 Å². The predicted molar refractivity (Wildman–Crippen MR) is 84.6 cm³/mol. The van der Waals surface area contributed by atoms with Crippen LogP contribution in [0, 0.1) is 0 Å². The Morgan fingerprint density at radius 1 is 0.500 bits per heavy atom. The maximum atomic E-state index is 5.64. The monoisotopic (exact) mass is 278 g/mol. The summed E-state index contributed by atoms with van der Waals surface area (Å²) in [6, 6.07) is 0. The first-order valence-electron chi connectivity index (χ1n) is 7.97. The third kappa shape index (κ3) is 18.6. The fourth-order valence-corrected chi connectivity index (χ4v) is 2.48. The molecule has 18 heavy (non-hydrogen) atoms. The summed E-state index contributed by atoms with van der Waals surface area (Å²) >= 11 is 5.64. The van der Waals surface area contributed by atoms with Crippen LogP contribution in [-0.4, -0.2) is 11.4 Å². The predicted octanol–water partition coefficient (Wildman–Crippen LogP) is 5.88. The summed E-state index contributed by atoms with van der Waals surface area (Å²) in [5.74, 6) is 0.845. The van der Waals surface area contributed by atoms with Crippen LogP contribution in [0.15, 0.2) is 0 Å². The van der Waals surface area contributed by atoms with Crippen molar-refractivity contribution in [3.05, 3.63) is 0 Å². The van der Waals surface area contributed by atoms with Crippen LogP contribution in [0.2, 0.25) is 0 Å². The molecule has 0 aliphatic carbocycles. The van der Waals surface area contributed by atoms with Crippen molar-refractivity contribution in [2.75, 3.05) is 5.88 Å². The van der Waals surface area contributed by atoms with Crippen molar-refractivity contribution in [1.82, 2.24) is 0 Å². The van der Waals surface area contributed by atoms with Gasteiger partial charge in [0.1, 0.15) is 0 Å². The van der Waals surface area contributed by atoms with Gasteiger partial charge in [0.2, 0.25) is 0 Å². The molecule has 0 saturated heterocycles. The molecule has 0 amide bonds. The molecule has 0 aromatic carbocycles. The van der Waals surface area contributed by atoms with Gasteiger partial charge in [-0.3, -0.25) is 0 Å². The lowest BCUT2D eigenvalue weighted by molar-refractivity contribution is 0.538. The average Bonchev–Trinajstić information content (AvgIpc) is 2.35. The third-order valence-corrected chi connectivity index (χ3v) is 3.75. The Balaban J connectivity index is 0. The molecule has 0 aromatic rings. The average molecular weight is 279 g/mol. The Hall–Kier alpha value is 0.250. The van der Waals surface area contributed by atoms with Crippen molar-refractivity contribution in [3.63, 3.8) is 0 Å². The summed E-state index contributed by atoms with van der Waals surface area (Å²) in [6.07, 6.45) is 19.8. The van der Waals surface area contributed by atoms with Crippen molar-refractivity contribution < 1.29 is 5.48 Å². The number of alkyl halides is 1. The van der Waals surface area contributed by atoms with Crippen LogP contribution < -0.4 is 0 Å². The third-order valence-electron chi connectivity index (χ3n) is 3.49. The molecule has 0 unspecified atom stereocenters. The summed E-state index contributed by atoms with van der Waals surface area (Å²) in [5.41, 5.74) is 0. The lowest BCUT2D eigenvalue weighted by atomic mass is 10.0. The molecule has 0 rings (SSSR count). The Bertz CT molecular complexity index is 114. The van der Waals surface area contributed by atoms with Gasteiger partial charge in [0, 0.05) is 5.88 Å². The van der Waals surface area contributed by atoms with E-state index in [1.807, 2.05) is 0 Å². The Labute approximate surface area is 120 Å². The molecule has 0 fully saturated rings. The first-order valence-corrected chi connectivity index (χ1v) is 8.51. The van der Waals surface area contributed by atoms with Crippen molar-refractivity contribution in [1.29, 1.82) is 0 Å². The van der Waals surface area contributed by atoms with Gasteiger partial charge in [-0.25, -0.2) is 0 Å². The van der Waals surface area contributed by atoms with E-state index in [0.29, 0.717) is 0 Å². The molecule has 0 heterocycles. The minimum absolute atomic E-state index is 0. The van der Waals surface area contributed by atoms with E-state index in [4.69, 9.17) is 11.6 Å². The van der Waals surface area contributed by atoms with E-state index in [1.165, 1.54) is 89.9 Å². The van der Waals surface area contributed by atoms with Gasteiger partial charge < -0.3 is 5.48 Å². The number of hydrogen-bond donors (Lipinski definition) is 0. The minimum atomic E-state index is 0. The highest BCUT2D eigenvalue weighted by molar-refractivity contribution is 6.17. The normalized spacial score (nSPS) is 10.3. The zero-order valence-corrected chi connectivity index (χ0v) is 13.2. The second-order valence-electron chi connectivity index (χ2n) is 5.29. The van der Waals surface area contributed by atoms with Crippen LogP contribution >= 0.6 is 11.6 Å².